The van der Waals surface area contributed by atoms with Crippen molar-refractivity contribution in [1.29, 1.82) is 0 Å². The summed E-state index contributed by atoms with van der Waals surface area (Å²) in [5, 5.41) is 6.19. The minimum Gasteiger partial charge on any atom is -0.454 e. The molecule has 196 valence electrons. The number of likely N-dealkylation sites (tertiary alicyclic amines) is 1. The van der Waals surface area contributed by atoms with Crippen molar-refractivity contribution < 1.29 is 14.3 Å². The van der Waals surface area contributed by atoms with E-state index in [0.29, 0.717) is 23.2 Å². The Morgan fingerprint density at radius 3 is 2.76 bits per heavy atom. The number of aromatic nitrogens is 3. The van der Waals surface area contributed by atoms with Crippen molar-refractivity contribution in [2.75, 3.05) is 18.4 Å². The quantitative estimate of drug-likeness (QED) is 0.324. The number of allylic oxidation sites excluding steroid dienone is 3. The summed E-state index contributed by atoms with van der Waals surface area (Å²) in [6.07, 6.45) is 13.3. The Balaban J connectivity index is 1.35. The van der Waals surface area contributed by atoms with Gasteiger partial charge in [0, 0.05) is 59.6 Å². The number of rotatable bonds is 8. The molecule has 0 aromatic carbocycles. The maximum absolute atomic E-state index is 11.7. The third-order valence-corrected chi connectivity index (χ3v) is 8.36. The topological polar surface area (TPSA) is 97.3 Å². The molecule has 1 aliphatic carbocycles. The van der Waals surface area contributed by atoms with Gasteiger partial charge in [0.05, 0.1) is 5.69 Å². The Hall–Kier alpha value is -3.07. The van der Waals surface area contributed by atoms with Crippen LogP contribution in [0.3, 0.4) is 0 Å². The predicted molar refractivity (Wildman–Crippen MR) is 153 cm³/mol. The van der Waals surface area contributed by atoms with Crippen LogP contribution in [0, 0.1) is 0 Å². The fraction of sp³-hybridized carbons (Fsp3) is 0.296. The summed E-state index contributed by atoms with van der Waals surface area (Å²) >= 11 is 3.02. The van der Waals surface area contributed by atoms with Crippen LogP contribution < -0.4 is 10.1 Å². The molecule has 0 spiro atoms. The molecule has 0 radical (unpaired) electrons. The van der Waals surface area contributed by atoms with Gasteiger partial charge in [0.15, 0.2) is 22.2 Å². The Bertz CT molecular complexity index is 1400. The second-order valence-electron chi connectivity index (χ2n) is 9.03. The molecule has 3 aromatic heterocycles. The largest absolute Gasteiger partial charge is 0.454 e. The van der Waals surface area contributed by atoms with Crippen LogP contribution in [0.1, 0.15) is 54.7 Å². The molecule has 3 aromatic rings. The summed E-state index contributed by atoms with van der Waals surface area (Å²) in [5.74, 6) is 2.43. The van der Waals surface area contributed by atoms with Gasteiger partial charge in [-0.25, -0.2) is 9.97 Å². The second kappa shape index (κ2) is 12.2. The summed E-state index contributed by atoms with van der Waals surface area (Å²) < 4.78 is 6.26. The molecule has 1 unspecified atom stereocenters. The van der Waals surface area contributed by atoms with Crippen molar-refractivity contribution >= 4 is 54.7 Å². The first-order valence-electron chi connectivity index (χ1n) is 12.4. The lowest BCUT2D eigenvalue weighted by atomic mass is 9.94. The van der Waals surface area contributed by atoms with Crippen LogP contribution in [0.5, 0.6) is 5.75 Å². The molecule has 1 amide bonds. The molecule has 1 N–H and O–H groups in total. The molecule has 11 heteroatoms. The zero-order chi connectivity index (χ0) is 26.5. The number of thiazole rings is 1. The average molecular weight is 566 g/mol. The van der Waals surface area contributed by atoms with Gasteiger partial charge in [-0.05, 0) is 50.0 Å². The molecule has 0 bridgehead atoms. The van der Waals surface area contributed by atoms with Crippen LogP contribution in [-0.4, -0.2) is 44.4 Å². The maximum atomic E-state index is 11.7. The number of carbonyl (C=O) groups is 2. The monoisotopic (exact) mass is 565 g/mol. The van der Waals surface area contributed by atoms with Crippen LogP contribution in [0.4, 0.5) is 10.9 Å². The fourth-order valence-corrected chi connectivity index (χ4v) is 6.11. The highest BCUT2D eigenvalue weighted by atomic mass is 32.2. The normalized spacial score (nSPS) is 15.7. The van der Waals surface area contributed by atoms with E-state index < -0.39 is 0 Å². The minimum absolute atomic E-state index is 0.134. The highest BCUT2D eigenvalue weighted by Crippen LogP contribution is 2.37. The van der Waals surface area contributed by atoms with Gasteiger partial charge in [-0.3, -0.25) is 14.6 Å². The van der Waals surface area contributed by atoms with Crippen molar-refractivity contribution in [3.05, 3.63) is 71.3 Å². The van der Waals surface area contributed by atoms with E-state index in [1.54, 1.807) is 25.4 Å². The van der Waals surface area contributed by atoms with E-state index in [4.69, 9.17) is 9.72 Å². The van der Waals surface area contributed by atoms with Gasteiger partial charge < -0.3 is 15.0 Å². The number of carbonyl (C=O) groups excluding carboxylic acids is 2. The number of pyridine rings is 2. The van der Waals surface area contributed by atoms with Crippen LogP contribution in [-0.2, 0) is 4.79 Å². The lowest BCUT2D eigenvalue weighted by Gasteiger charge is -2.30. The molecule has 1 atom stereocenters. The number of hydrogen-bond acceptors (Lipinski definition) is 9. The molecule has 1 saturated heterocycles. The van der Waals surface area contributed by atoms with Crippen molar-refractivity contribution in [2.24, 2.45) is 0 Å². The lowest BCUT2D eigenvalue weighted by molar-refractivity contribution is -0.129. The Labute approximate surface area is 232 Å². The molecule has 1 aliphatic heterocycles. The van der Waals surface area contributed by atoms with E-state index in [2.05, 4.69) is 42.1 Å². The van der Waals surface area contributed by atoms with E-state index in [0.717, 1.165) is 65.1 Å². The van der Waals surface area contributed by atoms with Crippen LogP contribution in [0.2, 0.25) is 0 Å². The molecule has 1 fully saturated rings. The Kier molecular flexibility index (Phi) is 8.51. The number of nitrogens with zero attached hydrogens (tertiary/aromatic N) is 4. The number of ether oxygens (including phenoxy) is 1. The third kappa shape index (κ3) is 6.67. The number of piperidine rings is 1. The van der Waals surface area contributed by atoms with Crippen LogP contribution in [0.15, 0.2) is 69.8 Å². The standard InChI is InChI=1S/C27H28N5O3PS2/c1-17(33)32-11-8-18(9-12-32)23-16-37-27(30-23)31-25-24(35-19-5-3-2-4-6-19)14-21(15-29-25)38-20-7-10-28-22(13-20)26(34)36/h3,5-7,10,13-16,18H,2,4,8-9,11-12,36H2,1H3,(H,29,30,31). The number of anilines is 2. The van der Waals surface area contributed by atoms with Gasteiger partial charge >= 0.3 is 0 Å². The van der Waals surface area contributed by atoms with Gasteiger partial charge in [0.2, 0.25) is 5.91 Å². The number of nitrogens with one attached hydrogen (secondary N) is 1. The van der Waals surface area contributed by atoms with E-state index in [-0.39, 0.29) is 11.4 Å². The van der Waals surface area contributed by atoms with Gasteiger partial charge in [-0.15, -0.1) is 11.3 Å². The van der Waals surface area contributed by atoms with Gasteiger partial charge in [0.25, 0.3) is 0 Å². The van der Waals surface area contributed by atoms with Gasteiger partial charge in [0.1, 0.15) is 11.5 Å². The highest BCUT2D eigenvalue weighted by Gasteiger charge is 2.24. The van der Waals surface area contributed by atoms with Crippen molar-refractivity contribution in [1.82, 2.24) is 19.9 Å². The van der Waals surface area contributed by atoms with E-state index >= 15 is 0 Å². The number of hydrogen-bond donors (Lipinski definition) is 1. The third-order valence-electron chi connectivity index (χ3n) is 6.34. The molecular formula is C27H28N5O3PS2. The van der Waals surface area contributed by atoms with E-state index in [1.165, 1.54) is 23.1 Å². The molecule has 2 aliphatic rings. The summed E-state index contributed by atoms with van der Waals surface area (Å²) in [5.41, 5.74) is 1.29. The Morgan fingerprint density at radius 2 is 2.03 bits per heavy atom. The van der Waals surface area contributed by atoms with Gasteiger partial charge in [-0.2, -0.15) is 0 Å². The predicted octanol–water partition coefficient (Wildman–Crippen LogP) is 6.18. The molecule has 5 rings (SSSR count). The summed E-state index contributed by atoms with van der Waals surface area (Å²) in [6, 6.07) is 5.56. The SMILES string of the molecule is CC(=O)N1CCC(c2csc(Nc3ncc(Sc4ccnc(C(=O)P)c4)cc3OC3=CCCC=C3)n2)CC1. The lowest BCUT2D eigenvalue weighted by Crippen LogP contribution is -2.36. The first-order chi connectivity index (χ1) is 18.4. The molecule has 0 saturated carbocycles. The molecule has 38 heavy (non-hydrogen) atoms. The van der Waals surface area contributed by atoms with Crippen molar-refractivity contribution in [3.63, 3.8) is 0 Å². The first kappa shape index (κ1) is 26.5. The van der Waals surface area contributed by atoms with Crippen molar-refractivity contribution in [2.45, 2.75) is 48.3 Å². The number of amides is 1. The maximum Gasteiger partial charge on any atom is 0.219 e. The van der Waals surface area contributed by atoms with E-state index in [9.17, 15) is 9.59 Å². The van der Waals surface area contributed by atoms with E-state index in [1.807, 2.05) is 23.1 Å². The highest BCUT2D eigenvalue weighted by molar-refractivity contribution is 7.99. The fourth-order valence-electron chi connectivity index (χ4n) is 4.31. The zero-order valence-electron chi connectivity index (χ0n) is 20.9. The average Bonchev–Trinajstić information content (AvgIpc) is 3.39. The molecule has 4 heterocycles. The molecule has 8 nitrogen and oxygen atoms in total. The van der Waals surface area contributed by atoms with Gasteiger partial charge in [-0.1, -0.05) is 27.1 Å². The summed E-state index contributed by atoms with van der Waals surface area (Å²) in [7, 11) is 2.15. The Morgan fingerprint density at radius 1 is 1.18 bits per heavy atom. The second-order valence-corrected chi connectivity index (χ2v) is 11.6. The summed E-state index contributed by atoms with van der Waals surface area (Å²) in [4.78, 5) is 40.6. The zero-order valence-corrected chi connectivity index (χ0v) is 23.7. The smallest absolute Gasteiger partial charge is 0.219 e. The van der Waals surface area contributed by atoms with Crippen LogP contribution >= 0.6 is 32.3 Å². The molecular weight excluding hydrogens is 537 g/mol. The first-order valence-corrected chi connectivity index (χ1v) is 14.7. The van der Waals surface area contributed by atoms with Crippen molar-refractivity contribution in [3.8, 4) is 5.75 Å². The minimum atomic E-state index is -0.155. The van der Waals surface area contributed by atoms with Crippen LogP contribution in [0.25, 0.3) is 0 Å². The summed E-state index contributed by atoms with van der Waals surface area (Å²) in [6.45, 7) is 3.16.